The van der Waals surface area contributed by atoms with Gasteiger partial charge in [-0.05, 0) is 24.5 Å². The summed E-state index contributed by atoms with van der Waals surface area (Å²) in [5.41, 5.74) is 0.607. The van der Waals surface area contributed by atoms with Gasteiger partial charge in [-0.15, -0.1) is 13.2 Å². The van der Waals surface area contributed by atoms with Gasteiger partial charge in [-0.25, -0.2) is 0 Å². The van der Waals surface area contributed by atoms with Crippen LogP contribution in [-0.2, 0) is 4.79 Å². The van der Waals surface area contributed by atoms with Crippen molar-refractivity contribution in [2.45, 2.75) is 19.2 Å². The monoisotopic (exact) mass is 380 g/mol. The minimum absolute atomic E-state index is 0.0863. The number of likely N-dealkylation sites (tertiary alicyclic amines) is 1. The van der Waals surface area contributed by atoms with Crippen molar-refractivity contribution in [2.75, 3.05) is 18.4 Å². The van der Waals surface area contributed by atoms with Gasteiger partial charge in [0, 0.05) is 31.1 Å². The van der Waals surface area contributed by atoms with Crippen molar-refractivity contribution in [1.29, 1.82) is 5.26 Å². The molecule has 1 fully saturated rings. The molecular weight excluding hydrogens is 365 g/mol. The number of carbonyl (C=O) groups excluding carboxylic acids is 1. The van der Waals surface area contributed by atoms with Crippen molar-refractivity contribution >= 4 is 11.8 Å². The maximum atomic E-state index is 12.3. The van der Waals surface area contributed by atoms with Gasteiger partial charge in [0.15, 0.2) is 6.19 Å². The molecule has 0 unspecified atom stereocenters. The molecule has 1 aromatic carbocycles. The smallest absolute Gasteiger partial charge is 0.406 e. The Morgan fingerprint density at radius 1 is 1.44 bits per heavy atom. The third kappa shape index (κ3) is 5.13. The molecule has 7 nitrogen and oxygen atoms in total. The fourth-order valence-corrected chi connectivity index (χ4v) is 2.86. The first-order valence-corrected chi connectivity index (χ1v) is 8.10. The second-order valence-electron chi connectivity index (χ2n) is 6.11. The Kier molecular flexibility index (Phi) is 5.21. The van der Waals surface area contributed by atoms with Gasteiger partial charge in [-0.3, -0.25) is 10.1 Å². The molecule has 2 heterocycles. The number of hydrogen-bond donors (Lipinski definition) is 1. The zero-order valence-corrected chi connectivity index (χ0v) is 14.0. The van der Waals surface area contributed by atoms with E-state index in [-0.39, 0.29) is 35.6 Å². The standard InChI is InChI=1S/C17H15F3N4O3/c18-17(19,20)26-13-3-1-2-12(7-13)14-8-16(27-23-14)22-15(25)6-11-4-5-24(9-11)10-21/h1-3,7-8,11H,4-6,9H2,(H,22,25)/t11-/m1/s1. The number of amides is 1. The molecule has 1 atom stereocenters. The van der Waals surface area contributed by atoms with E-state index in [1.807, 2.05) is 6.19 Å². The van der Waals surface area contributed by atoms with Crippen LogP contribution in [0.2, 0.25) is 0 Å². The summed E-state index contributed by atoms with van der Waals surface area (Å²) in [5, 5.41) is 15.1. The van der Waals surface area contributed by atoms with E-state index >= 15 is 0 Å². The van der Waals surface area contributed by atoms with Crippen LogP contribution < -0.4 is 10.1 Å². The van der Waals surface area contributed by atoms with Crippen LogP contribution >= 0.6 is 0 Å². The van der Waals surface area contributed by atoms with Crippen molar-refractivity contribution < 1.29 is 27.2 Å². The molecule has 3 rings (SSSR count). The number of anilines is 1. The number of ether oxygens (including phenoxy) is 1. The number of carbonyl (C=O) groups is 1. The predicted molar refractivity (Wildman–Crippen MR) is 87.2 cm³/mol. The minimum atomic E-state index is -4.79. The summed E-state index contributed by atoms with van der Waals surface area (Å²) in [7, 11) is 0. The molecule has 0 radical (unpaired) electrons. The SMILES string of the molecule is N#CN1CC[C@H](CC(=O)Nc2cc(-c3cccc(OC(F)(F)F)c3)no2)C1. The summed E-state index contributed by atoms with van der Waals surface area (Å²) in [4.78, 5) is 13.7. The van der Waals surface area contributed by atoms with E-state index in [4.69, 9.17) is 9.78 Å². The highest BCUT2D eigenvalue weighted by atomic mass is 19.4. The molecular formula is C17H15F3N4O3. The van der Waals surface area contributed by atoms with Crippen LogP contribution in [0.15, 0.2) is 34.9 Å². The van der Waals surface area contributed by atoms with Crippen LogP contribution in [0.3, 0.4) is 0 Å². The molecule has 2 aromatic rings. The van der Waals surface area contributed by atoms with Crippen molar-refractivity contribution in [2.24, 2.45) is 5.92 Å². The Hall–Kier alpha value is -3.22. The number of nitriles is 1. The number of alkyl halides is 3. The largest absolute Gasteiger partial charge is 0.573 e. The maximum absolute atomic E-state index is 12.3. The summed E-state index contributed by atoms with van der Waals surface area (Å²) in [6, 6.07) is 6.70. The van der Waals surface area contributed by atoms with Crippen LogP contribution in [0.25, 0.3) is 11.3 Å². The summed E-state index contributed by atoms with van der Waals surface area (Å²) in [6.45, 7) is 1.18. The van der Waals surface area contributed by atoms with Crippen molar-refractivity contribution in [1.82, 2.24) is 10.1 Å². The van der Waals surface area contributed by atoms with Gasteiger partial charge in [0.2, 0.25) is 11.8 Å². The number of aromatic nitrogens is 1. The molecule has 142 valence electrons. The maximum Gasteiger partial charge on any atom is 0.573 e. The predicted octanol–water partition coefficient (Wildman–Crippen LogP) is 3.37. The lowest BCUT2D eigenvalue weighted by Gasteiger charge is -2.09. The molecule has 0 saturated carbocycles. The van der Waals surface area contributed by atoms with Gasteiger partial charge in [-0.2, -0.15) is 5.26 Å². The fraction of sp³-hybridized carbons (Fsp3) is 0.353. The van der Waals surface area contributed by atoms with Crippen molar-refractivity contribution in [3.63, 3.8) is 0 Å². The first-order valence-electron chi connectivity index (χ1n) is 8.10. The van der Waals surface area contributed by atoms with Crippen molar-refractivity contribution in [3.8, 4) is 23.2 Å². The highest BCUT2D eigenvalue weighted by molar-refractivity contribution is 5.90. The van der Waals surface area contributed by atoms with E-state index in [9.17, 15) is 18.0 Å². The third-order valence-corrected chi connectivity index (χ3v) is 4.04. The molecule has 1 aromatic heterocycles. The van der Waals surface area contributed by atoms with Crippen LogP contribution in [0.1, 0.15) is 12.8 Å². The van der Waals surface area contributed by atoms with Crippen LogP contribution in [0.4, 0.5) is 19.1 Å². The molecule has 1 N–H and O–H groups in total. The van der Waals surface area contributed by atoms with E-state index in [0.29, 0.717) is 18.7 Å². The zero-order chi connectivity index (χ0) is 19.4. The number of hydrogen-bond acceptors (Lipinski definition) is 6. The molecule has 1 aliphatic heterocycles. The lowest BCUT2D eigenvalue weighted by atomic mass is 10.0. The number of nitrogens with one attached hydrogen (secondary N) is 1. The average molecular weight is 380 g/mol. The lowest BCUT2D eigenvalue weighted by Crippen LogP contribution is -2.19. The van der Waals surface area contributed by atoms with E-state index in [1.54, 1.807) is 11.0 Å². The molecule has 10 heteroatoms. The topological polar surface area (TPSA) is 91.4 Å². The first-order chi connectivity index (χ1) is 12.8. The van der Waals surface area contributed by atoms with E-state index in [0.717, 1.165) is 6.42 Å². The van der Waals surface area contributed by atoms with Crippen LogP contribution in [-0.4, -0.2) is 35.4 Å². The first kappa shape index (κ1) is 18.6. The Bertz CT molecular complexity index is 860. The minimum Gasteiger partial charge on any atom is -0.406 e. The number of nitrogens with zero attached hydrogens (tertiary/aromatic N) is 3. The summed E-state index contributed by atoms with van der Waals surface area (Å²) in [6.07, 6.45) is -1.74. The van der Waals surface area contributed by atoms with Crippen LogP contribution in [0, 0.1) is 17.4 Å². The second kappa shape index (κ2) is 7.57. The summed E-state index contributed by atoms with van der Waals surface area (Å²) < 4.78 is 45.8. The van der Waals surface area contributed by atoms with Crippen LogP contribution in [0.5, 0.6) is 5.75 Å². The number of benzene rings is 1. The highest BCUT2D eigenvalue weighted by Gasteiger charge is 2.31. The van der Waals surface area contributed by atoms with E-state index < -0.39 is 6.36 Å². The van der Waals surface area contributed by atoms with Gasteiger partial charge < -0.3 is 14.2 Å². The molecule has 1 saturated heterocycles. The summed E-state index contributed by atoms with van der Waals surface area (Å²) >= 11 is 0. The highest BCUT2D eigenvalue weighted by Crippen LogP contribution is 2.29. The Morgan fingerprint density at radius 2 is 2.26 bits per heavy atom. The summed E-state index contributed by atoms with van der Waals surface area (Å²) in [5.74, 6) is -0.482. The molecule has 0 aliphatic carbocycles. The van der Waals surface area contributed by atoms with Gasteiger partial charge in [0.25, 0.3) is 0 Å². The quantitative estimate of drug-likeness (QED) is 0.800. The molecule has 0 spiro atoms. The number of halogens is 3. The van der Waals surface area contributed by atoms with Gasteiger partial charge in [0.1, 0.15) is 11.4 Å². The Labute approximate surface area is 152 Å². The molecule has 0 bridgehead atoms. The normalized spacial score (nSPS) is 16.8. The zero-order valence-electron chi connectivity index (χ0n) is 14.0. The van der Waals surface area contributed by atoms with Gasteiger partial charge >= 0.3 is 6.36 Å². The lowest BCUT2D eigenvalue weighted by molar-refractivity contribution is -0.274. The van der Waals surface area contributed by atoms with Crippen molar-refractivity contribution in [3.05, 3.63) is 30.3 Å². The Morgan fingerprint density at radius 3 is 2.96 bits per heavy atom. The third-order valence-electron chi connectivity index (χ3n) is 4.04. The fourth-order valence-electron chi connectivity index (χ4n) is 2.86. The van der Waals surface area contributed by atoms with E-state index in [2.05, 4.69) is 15.2 Å². The number of rotatable bonds is 5. The molecule has 1 aliphatic rings. The molecule has 27 heavy (non-hydrogen) atoms. The van der Waals surface area contributed by atoms with E-state index in [1.165, 1.54) is 24.3 Å². The van der Waals surface area contributed by atoms with Gasteiger partial charge in [-0.1, -0.05) is 17.3 Å². The average Bonchev–Trinajstić information content (AvgIpc) is 3.23. The second-order valence-corrected chi connectivity index (χ2v) is 6.11. The Balaban J connectivity index is 1.61. The molecule has 1 amide bonds. The van der Waals surface area contributed by atoms with Gasteiger partial charge in [0.05, 0.1) is 0 Å².